The molecule has 0 amide bonds. The number of ether oxygens (including phenoxy) is 2. The summed E-state index contributed by atoms with van der Waals surface area (Å²) in [4.78, 5) is 11.1. The first kappa shape index (κ1) is 17.9. The molecule has 0 radical (unpaired) electrons. The molecule has 4 nitrogen and oxygen atoms in total. The van der Waals surface area contributed by atoms with Crippen LogP contribution in [0.2, 0.25) is 0 Å². The average Bonchev–Trinajstić information content (AvgIpc) is 2.60. The molecule has 0 saturated carbocycles. The van der Waals surface area contributed by atoms with Crippen molar-refractivity contribution in [2.75, 3.05) is 7.11 Å². The lowest BCUT2D eigenvalue weighted by atomic mass is 9.84. The van der Waals surface area contributed by atoms with Crippen LogP contribution in [0.5, 0.6) is 11.5 Å². The van der Waals surface area contributed by atoms with Gasteiger partial charge in [0.25, 0.3) is 0 Å². The first-order valence-corrected chi connectivity index (χ1v) is 8.18. The Morgan fingerprint density at radius 3 is 2.17 bits per heavy atom. The number of hydrogen-bond donors (Lipinski definition) is 1. The van der Waals surface area contributed by atoms with E-state index in [9.17, 15) is 9.90 Å². The predicted octanol–water partition coefficient (Wildman–Crippen LogP) is 5.22. The van der Waals surface area contributed by atoms with Crippen LogP contribution in [0.4, 0.5) is 4.79 Å². The minimum absolute atomic E-state index is 0.294. The van der Waals surface area contributed by atoms with Crippen molar-refractivity contribution < 1.29 is 19.4 Å². The van der Waals surface area contributed by atoms with Crippen LogP contribution in [0.15, 0.2) is 48.5 Å². The van der Waals surface area contributed by atoms with Gasteiger partial charge in [-0.3, -0.25) is 0 Å². The first-order chi connectivity index (χ1) is 11.5. The van der Waals surface area contributed by atoms with Gasteiger partial charge in [0.15, 0.2) is 0 Å². The SMILES string of the molecule is CCC(CC(C)c1ccc(OC(=O)OC)cc1)c1ccc(O)cc1. The second-order valence-corrected chi connectivity index (χ2v) is 5.96. The number of aromatic hydroxyl groups is 1. The van der Waals surface area contributed by atoms with E-state index in [-0.39, 0.29) is 0 Å². The van der Waals surface area contributed by atoms with Gasteiger partial charge in [0, 0.05) is 0 Å². The van der Waals surface area contributed by atoms with Crippen LogP contribution in [0.1, 0.15) is 49.7 Å². The monoisotopic (exact) mass is 328 g/mol. The molecule has 0 aliphatic rings. The molecule has 128 valence electrons. The van der Waals surface area contributed by atoms with E-state index < -0.39 is 6.16 Å². The van der Waals surface area contributed by atoms with Crippen molar-refractivity contribution in [1.29, 1.82) is 0 Å². The zero-order valence-electron chi connectivity index (χ0n) is 14.4. The molecule has 0 heterocycles. The molecule has 2 atom stereocenters. The maximum Gasteiger partial charge on any atom is 0.513 e. The van der Waals surface area contributed by atoms with E-state index in [0.29, 0.717) is 23.3 Å². The topological polar surface area (TPSA) is 55.8 Å². The van der Waals surface area contributed by atoms with Crippen LogP contribution >= 0.6 is 0 Å². The zero-order valence-corrected chi connectivity index (χ0v) is 14.4. The smallest absolute Gasteiger partial charge is 0.508 e. The zero-order chi connectivity index (χ0) is 17.5. The lowest BCUT2D eigenvalue weighted by Gasteiger charge is -2.21. The van der Waals surface area contributed by atoms with Crippen molar-refractivity contribution in [3.8, 4) is 11.5 Å². The Bertz CT molecular complexity index is 646. The number of phenols is 1. The lowest BCUT2D eigenvalue weighted by molar-refractivity contribution is 0.121. The van der Waals surface area contributed by atoms with Crippen LogP contribution in [0, 0.1) is 0 Å². The van der Waals surface area contributed by atoms with Gasteiger partial charge in [-0.2, -0.15) is 0 Å². The minimum atomic E-state index is -0.714. The third-order valence-electron chi connectivity index (χ3n) is 4.31. The summed E-state index contributed by atoms with van der Waals surface area (Å²) in [5.74, 6) is 1.58. The second kappa shape index (κ2) is 8.39. The van der Waals surface area contributed by atoms with Crippen molar-refractivity contribution >= 4 is 6.16 Å². The molecule has 2 rings (SSSR count). The number of carbonyl (C=O) groups is 1. The van der Waals surface area contributed by atoms with E-state index in [1.54, 1.807) is 24.3 Å². The molecule has 4 heteroatoms. The van der Waals surface area contributed by atoms with Crippen molar-refractivity contribution in [1.82, 2.24) is 0 Å². The average molecular weight is 328 g/mol. The molecular formula is C20H24O4. The van der Waals surface area contributed by atoms with E-state index in [2.05, 4.69) is 18.6 Å². The molecule has 1 N–H and O–H groups in total. The fourth-order valence-corrected chi connectivity index (χ4v) is 2.85. The number of hydrogen-bond acceptors (Lipinski definition) is 4. The first-order valence-electron chi connectivity index (χ1n) is 8.18. The molecule has 2 unspecified atom stereocenters. The number of benzene rings is 2. The highest BCUT2D eigenvalue weighted by Gasteiger charge is 2.15. The summed E-state index contributed by atoms with van der Waals surface area (Å²) in [7, 11) is 1.28. The summed E-state index contributed by atoms with van der Waals surface area (Å²) in [5.41, 5.74) is 2.44. The maximum atomic E-state index is 11.1. The summed E-state index contributed by atoms with van der Waals surface area (Å²) < 4.78 is 9.47. The Hall–Kier alpha value is -2.49. The molecule has 0 saturated heterocycles. The lowest BCUT2D eigenvalue weighted by Crippen LogP contribution is -2.07. The summed E-state index contributed by atoms with van der Waals surface area (Å²) in [6.45, 7) is 4.37. The van der Waals surface area contributed by atoms with E-state index in [1.165, 1.54) is 18.2 Å². The van der Waals surface area contributed by atoms with Crippen LogP contribution in [0.3, 0.4) is 0 Å². The van der Waals surface area contributed by atoms with Gasteiger partial charge >= 0.3 is 6.16 Å². The Morgan fingerprint density at radius 1 is 1.04 bits per heavy atom. The third kappa shape index (κ3) is 4.75. The molecule has 0 aromatic heterocycles. The van der Waals surface area contributed by atoms with Crippen molar-refractivity contribution in [3.63, 3.8) is 0 Å². The predicted molar refractivity (Wildman–Crippen MR) is 93.6 cm³/mol. The Balaban J connectivity index is 2.03. The Kier molecular flexibility index (Phi) is 6.24. The summed E-state index contributed by atoms with van der Waals surface area (Å²) in [5, 5.41) is 9.43. The molecule has 24 heavy (non-hydrogen) atoms. The maximum absolute atomic E-state index is 11.1. The highest BCUT2D eigenvalue weighted by Crippen LogP contribution is 2.33. The van der Waals surface area contributed by atoms with E-state index in [1.807, 2.05) is 24.3 Å². The summed E-state index contributed by atoms with van der Waals surface area (Å²) >= 11 is 0. The van der Waals surface area contributed by atoms with Gasteiger partial charge in [-0.1, -0.05) is 38.1 Å². The molecule has 2 aromatic carbocycles. The van der Waals surface area contributed by atoms with Crippen LogP contribution in [0.25, 0.3) is 0 Å². The summed E-state index contributed by atoms with van der Waals surface area (Å²) in [6.07, 6.45) is 1.34. The third-order valence-corrected chi connectivity index (χ3v) is 4.31. The Morgan fingerprint density at radius 2 is 1.62 bits per heavy atom. The largest absolute Gasteiger partial charge is 0.513 e. The van der Waals surface area contributed by atoms with Crippen LogP contribution in [-0.4, -0.2) is 18.4 Å². The second-order valence-electron chi connectivity index (χ2n) is 5.96. The normalized spacial score (nSPS) is 13.1. The van der Waals surface area contributed by atoms with Crippen LogP contribution in [-0.2, 0) is 4.74 Å². The van der Waals surface area contributed by atoms with Gasteiger partial charge in [-0.25, -0.2) is 4.79 Å². The molecule has 0 bridgehead atoms. The Labute approximate surface area is 143 Å². The van der Waals surface area contributed by atoms with E-state index in [0.717, 1.165) is 12.8 Å². The van der Waals surface area contributed by atoms with Crippen molar-refractivity contribution in [2.45, 2.75) is 38.5 Å². The number of carbonyl (C=O) groups excluding carboxylic acids is 1. The standard InChI is InChI=1S/C20H24O4/c1-4-15(17-5-9-18(21)10-6-17)13-14(2)16-7-11-19(12-8-16)24-20(22)23-3/h5-12,14-15,21H,4,13H2,1-3H3. The van der Waals surface area contributed by atoms with Crippen molar-refractivity contribution in [2.24, 2.45) is 0 Å². The minimum Gasteiger partial charge on any atom is -0.508 e. The number of methoxy groups -OCH3 is 1. The quantitative estimate of drug-likeness (QED) is 0.583. The van der Waals surface area contributed by atoms with Gasteiger partial charge < -0.3 is 14.6 Å². The number of phenolic OH excluding ortho intramolecular Hbond substituents is 1. The van der Waals surface area contributed by atoms with Crippen molar-refractivity contribution in [3.05, 3.63) is 59.7 Å². The molecule has 0 spiro atoms. The van der Waals surface area contributed by atoms with E-state index >= 15 is 0 Å². The van der Waals surface area contributed by atoms with Gasteiger partial charge in [-0.05, 0) is 60.1 Å². The molecule has 2 aromatic rings. The van der Waals surface area contributed by atoms with Gasteiger partial charge in [0.1, 0.15) is 11.5 Å². The van der Waals surface area contributed by atoms with Gasteiger partial charge in [0.2, 0.25) is 0 Å². The fourth-order valence-electron chi connectivity index (χ4n) is 2.85. The highest BCUT2D eigenvalue weighted by atomic mass is 16.7. The van der Waals surface area contributed by atoms with Gasteiger partial charge in [-0.15, -0.1) is 0 Å². The summed E-state index contributed by atoms with van der Waals surface area (Å²) in [6, 6.07) is 15.0. The van der Waals surface area contributed by atoms with E-state index in [4.69, 9.17) is 4.74 Å². The fraction of sp³-hybridized carbons (Fsp3) is 0.350. The van der Waals surface area contributed by atoms with Gasteiger partial charge in [0.05, 0.1) is 7.11 Å². The van der Waals surface area contributed by atoms with Crippen LogP contribution < -0.4 is 4.74 Å². The molecule has 0 aliphatic heterocycles. The molecule has 0 aliphatic carbocycles. The molecule has 0 fully saturated rings. The molecular weight excluding hydrogens is 304 g/mol. The number of rotatable bonds is 6. The highest BCUT2D eigenvalue weighted by molar-refractivity contribution is 5.63.